The van der Waals surface area contributed by atoms with Gasteiger partial charge >= 0.3 is 5.82 Å². The lowest BCUT2D eigenvalue weighted by Gasteiger charge is -1.88. The molecule has 0 saturated carbocycles. The lowest BCUT2D eigenvalue weighted by Crippen LogP contribution is -1.89. The molecule has 1 heterocycles. The van der Waals surface area contributed by atoms with Crippen molar-refractivity contribution in [3.63, 3.8) is 0 Å². The van der Waals surface area contributed by atoms with Crippen LogP contribution in [0.1, 0.15) is 11.3 Å². The highest BCUT2D eigenvalue weighted by Crippen LogP contribution is 2.15. The van der Waals surface area contributed by atoms with Gasteiger partial charge in [-0.3, -0.25) is 0 Å². The predicted octanol–water partition coefficient (Wildman–Crippen LogP) is 0.935. The molecule has 0 aromatic carbocycles. The minimum Gasteiger partial charge on any atom is -0.358 e. The number of nitro groups is 1. The van der Waals surface area contributed by atoms with Crippen LogP contribution in [0.3, 0.4) is 0 Å². The molecule has 1 aromatic heterocycles. The van der Waals surface area contributed by atoms with E-state index < -0.39 is 4.92 Å². The fraction of sp³-hybridized carbons (Fsp3) is 0.400. The van der Waals surface area contributed by atoms with Gasteiger partial charge < -0.3 is 10.1 Å². The number of nitrogens with zero attached hydrogens (tertiary/aromatic N) is 2. The van der Waals surface area contributed by atoms with E-state index in [-0.39, 0.29) is 5.82 Å². The summed E-state index contributed by atoms with van der Waals surface area (Å²) in [6.07, 6.45) is 0. The van der Waals surface area contributed by atoms with E-state index in [1.807, 2.05) is 0 Å². The molecule has 0 amide bonds. The summed E-state index contributed by atoms with van der Waals surface area (Å²) >= 11 is 0. The van der Waals surface area contributed by atoms with Crippen molar-refractivity contribution < 1.29 is 4.92 Å². The standard InChI is InChI=1S/C5H7N3O2/c1-3-4(2)6-7-5(3)8(9)10/h1-2H3,(H,6,7). The fourth-order valence-electron chi connectivity index (χ4n) is 0.654. The number of rotatable bonds is 1. The van der Waals surface area contributed by atoms with Crippen molar-refractivity contribution in [2.75, 3.05) is 0 Å². The molecular formula is C5H7N3O2. The summed E-state index contributed by atoms with van der Waals surface area (Å²) in [6, 6.07) is 0. The van der Waals surface area contributed by atoms with E-state index in [2.05, 4.69) is 10.2 Å². The van der Waals surface area contributed by atoms with Crippen molar-refractivity contribution in [3.05, 3.63) is 21.4 Å². The van der Waals surface area contributed by atoms with Gasteiger partial charge in [-0.1, -0.05) is 5.10 Å². The molecule has 1 rings (SSSR count). The summed E-state index contributed by atoms with van der Waals surface area (Å²) in [5.74, 6) is -0.0162. The Bertz CT molecular complexity index is 266. The SMILES string of the molecule is Cc1n[nH]c([N+](=O)[O-])c1C. The maximum absolute atomic E-state index is 10.2. The zero-order valence-corrected chi connectivity index (χ0v) is 5.71. The minimum absolute atomic E-state index is 0.0162. The lowest BCUT2D eigenvalue weighted by atomic mass is 10.3. The first kappa shape index (κ1) is 6.73. The number of hydrogen-bond acceptors (Lipinski definition) is 3. The first-order valence-corrected chi connectivity index (χ1v) is 2.79. The number of H-pyrrole nitrogens is 1. The minimum atomic E-state index is -0.477. The Morgan fingerprint density at radius 2 is 2.20 bits per heavy atom. The highest BCUT2D eigenvalue weighted by atomic mass is 16.6. The van der Waals surface area contributed by atoms with Gasteiger partial charge in [0, 0.05) is 0 Å². The van der Waals surface area contributed by atoms with E-state index >= 15 is 0 Å². The van der Waals surface area contributed by atoms with Crippen LogP contribution in [0.25, 0.3) is 0 Å². The van der Waals surface area contributed by atoms with Crippen molar-refractivity contribution in [1.29, 1.82) is 0 Å². The van der Waals surface area contributed by atoms with Gasteiger partial charge in [0.1, 0.15) is 0 Å². The summed E-state index contributed by atoms with van der Waals surface area (Å²) in [5.41, 5.74) is 1.27. The molecule has 5 nitrogen and oxygen atoms in total. The zero-order chi connectivity index (χ0) is 7.72. The van der Waals surface area contributed by atoms with Gasteiger partial charge in [-0.2, -0.15) is 0 Å². The third-order valence-electron chi connectivity index (χ3n) is 1.41. The molecule has 0 unspecified atom stereocenters. The van der Waals surface area contributed by atoms with E-state index in [0.29, 0.717) is 11.3 Å². The van der Waals surface area contributed by atoms with Crippen molar-refractivity contribution >= 4 is 5.82 Å². The highest BCUT2D eigenvalue weighted by Gasteiger charge is 2.13. The Morgan fingerprint density at radius 3 is 2.40 bits per heavy atom. The maximum atomic E-state index is 10.2. The first-order valence-electron chi connectivity index (χ1n) is 2.79. The molecule has 0 bridgehead atoms. The van der Waals surface area contributed by atoms with Crippen molar-refractivity contribution in [3.8, 4) is 0 Å². The summed E-state index contributed by atoms with van der Waals surface area (Å²) < 4.78 is 0. The van der Waals surface area contributed by atoms with Crippen LogP contribution in [0.4, 0.5) is 5.82 Å². The van der Waals surface area contributed by atoms with Crippen LogP contribution in [0, 0.1) is 24.0 Å². The summed E-state index contributed by atoms with van der Waals surface area (Å²) in [6.45, 7) is 3.38. The molecule has 0 aliphatic rings. The quantitative estimate of drug-likeness (QED) is 0.467. The molecule has 1 aromatic rings. The van der Waals surface area contributed by atoms with Gasteiger partial charge in [0.05, 0.1) is 11.3 Å². The molecule has 0 spiro atoms. The number of nitrogens with one attached hydrogen (secondary N) is 1. The number of aryl methyl sites for hydroxylation is 1. The van der Waals surface area contributed by atoms with E-state index in [4.69, 9.17) is 0 Å². The van der Waals surface area contributed by atoms with Crippen molar-refractivity contribution in [2.45, 2.75) is 13.8 Å². The second kappa shape index (κ2) is 2.09. The molecule has 1 N–H and O–H groups in total. The van der Waals surface area contributed by atoms with E-state index in [1.165, 1.54) is 0 Å². The Labute approximate surface area is 57.2 Å². The smallest absolute Gasteiger partial charge is 0.345 e. The molecule has 0 aliphatic heterocycles. The van der Waals surface area contributed by atoms with Gasteiger partial charge in [-0.25, -0.2) is 0 Å². The third-order valence-corrected chi connectivity index (χ3v) is 1.41. The first-order chi connectivity index (χ1) is 4.63. The molecule has 0 atom stereocenters. The molecule has 5 heteroatoms. The van der Waals surface area contributed by atoms with Crippen LogP contribution in [-0.4, -0.2) is 15.1 Å². The van der Waals surface area contributed by atoms with Crippen molar-refractivity contribution in [2.24, 2.45) is 0 Å². The second-order valence-corrected chi connectivity index (χ2v) is 2.04. The number of aromatic amines is 1. The summed E-state index contributed by atoms with van der Waals surface area (Å²) in [7, 11) is 0. The fourth-order valence-corrected chi connectivity index (χ4v) is 0.654. The Kier molecular flexibility index (Phi) is 1.41. The van der Waals surface area contributed by atoms with Crippen LogP contribution >= 0.6 is 0 Å². The van der Waals surface area contributed by atoms with Gasteiger partial charge in [0.15, 0.2) is 0 Å². The molecule has 0 aliphatic carbocycles. The van der Waals surface area contributed by atoms with E-state index in [0.717, 1.165) is 0 Å². The number of hydrogen-bond donors (Lipinski definition) is 1. The van der Waals surface area contributed by atoms with E-state index in [1.54, 1.807) is 13.8 Å². The largest absolute Gasteiger partial charge is 0.358 e. The second-order valence-electron chi connectivity index (χ2n) is 2.04. The van der Waals surface area contributed by atoms with Crippen LogP contribution in [-0.2, 0) is 0 Å². The van der Waals surface area contributed by atoms with Crippen molar-refractivity contribution in [1.82, 2.24) is 10.2 Å². The Hall–Kier alpha value is -1.39. The average Bonchev–Trinajstić information content (AvgIpc) is 2.14. The van der Waals surface area contributed by atoms with Gasteiger partial charge in [0.2, 0.25) is 0 Å². The maximum Gasteiger partial charge on any atom is 0.345 e. The molecule has 54 valence electrons. The van der Waals surface area contributed by atoms with Crippen LogP contribution < -0.4 is 0 Å². The van der Waals surface area contributed by atoms with Gasteiger partial charge in [-0.15, -0.1) is 5.10 Å². The molecule has 0 fully saturated rings. The Morgan fingerprint density at radius 1 is 1.60 bits per heavy atom. The predicted molar refractivity (Wildman–Crippen MR) is 34.7 cm³/mol. The lowest BCUT2D eigenvalue weighted by molar-refractivity contribution is -0.390. The molecule has 0 saturated heterocycles. The highest BCUT2D eigenvalue weighted by molar-refractivity contribution is 5.33. The van der Waals surface area contributed by atoms with Crippen LogP contribution in [0.2, 0.25) is 0 Å². The normalized spacial score (nSPS) is 9.80. The van der Waals surface area contributed by atoms with E-state index in [9.17, 15) is 10.1 Å². The Balaban J connectivity index is 3.17. The summed E-state index contributed by atoms with van der Waals surface area (Å²) in [4.78, 5) is 9.69. The number of aromatic nitrogens is 2. The monoisotopic (exact) mass is 141 g/mol. The third kappa shape index (κ3) is 0.854. The van der Waals surface area contributed by atoms with Gasteiger partial charge in [-0.05, 0) is 18.8 Å². The topological polar surface area (TPSA) is 71.8 Å². The molecule has 10 heavy (non-hydrogen) atoms. The zero-order valence-electron chi connectivity index (χ0n) is 5.71. The molecular weight excluding hydrogens is 134 g/mol. The average molecular weight is 141 g/mol. The van der Waals surface area contributed by atoms with Gasteiger partial charge in [0.25, 0.3) is 0 Å². The summed E-state index contributed by atoms with van der Waals surface area (Å²) in [5, 5.41) is 16.2. The van der Waals surface area contributed by atoms with Crippen LogP contribution in [0.5, 0.6) is 0 Å². The molecule has 0 radical (unpaired) electrons. The van der Waals surface area contributed by atoms with Crippen LogP contribution in [0.15, 0.2) is 0 Å².